The van der Waals surface area contributed by atoms with Crippen LogP contribution in [-0.2, 0) is 6.42 Å². The van der Waals surface area contributed by atoms with E-state index in [2.05, 4.69) is 20.4 Å². The summed E-state index contributed by atoms with van der Waals surface area (Å²) in [5.74, 6) is 2.91. The first-order chi connectivity index (χ1) is 18.1. The van der Waals surface area contributed by atoms with E-state index in [1.165, 1.54) is 24.3 Å². The number of hydrogen-bond acceptors (Lipinski definition) is 8. The molecule has 2 aromatic carbocycles. The van der Waals surface area contributed by atoms with Gasteiger partial charge in [-0.3, -0.25) is 0 Å². The summed E-state index contributed by atoms with van der Waals surface area (Å²) in [6.45, 7) is 5.51. The lowest BCUT2D eigenvalue weighted by atomic mass is 9.97. The van der Waals surface area contributed by atoms with Crippen molar-refractivity contribution in [2.75, 3.05) is 29.1 Å². The second-order valence-corrected chi connectivity index (χ2v) is 9.70. The van der Waals surface area contributed by atoms with Crippen molar-refractivity contribution in [3.8, 4) is 11.5 Å². The molecule has 192 valence electrons. The molecule has 37 heavy (non-hydrogen) atoms. The molecule has 0 amide bonds. The van der Waals surface area contributed by atoms with Crippen molar-refractivity contribution in [1.29, 1.82) is 0 Å². The first-order valence-electron chi connectivity index (χ1n) is 12.5. The zero-order chi connectivity index (χ0) is 25.8. The third-order valence-electron chi connectivity index (χ3n) is 6.26. The van der Waals surface area contributed by atoms with E-state index in [1.807, 2.05) is 19.9 Å². The van der Waals surface area contributed by atoms with Crippen LogP contribution in [0.3, 0.4) is 0 Å². The molecule has 0 bridgehead atoms. The van der Waals surface area contributed by atoms with Gasteiger partial charge in [0.1, 0.15) is 17.5 Å². The first-order valence-corrected chi connectivity index (χ1v) is 13.5. The number of hydrogen-bond donors (Lipinski definition) is 1. The van der Waals surface area contributed by atoms with Crippen LogP contribution >= 0.6 is 11.8 Å². The Morgan fingerprint density at radius 1 is 0.973 bits per heavy atom. The van der Waals surface area contributed by atoms with Crippen LogP contribution in [0.2, 0.25) is 0 Å². The maximum Gasteiger partial charge on any atom is 0.247 e. The molecule has 1 N–H and O–H groups in total. The number of aryl methyl sites for hydroxylation is 1. The third-order valence-corrected chi connectivity index (χ3v) is 7.38. The Bertz CT molecular complexity index is 1360. The van der Waals surface area contributed by atoms with Gasteiger partial charge in [-0.1, -0.05) is 19.9 Å². The smallest absolute Gasteiger partial charge is 0.247 e. The maximum absolute atomic E-state index is 13.7. The number of nitrogens with one attached hydrogen (secondary N) is 1. The molecule has 0 spiro atoms. The Morgan fingerprint density at radius 3 is 2.51 bits per heavy atom. The zero-order valence-electron chi connectivity index (χ0n) is 20.7. The predicted octanol–water partition coefficient (Wildman–Crippen LogP) is 6.61. The fourth-order valence-corrected chi connectivity index (χ4v) is 5.47. The van der Waals surface area contributed by atoms with Gasteiger partial charge in [-0.25, -0.2) is 13.8 Å². The van der Waals surface area contributed by atoms with Crippen LogP contribution in [0.4, 0.5) is 26.2 Å². The van der Waals surface area contributed by atoms with Crippen LogP contribution in [0.1, 0.15) is 44.2 Å². The summed E-state index contributed by atoms with van der Waals surface area (Å²) in [4.78, 5) is 12.9. The van der Waals surface area contributed by atoms with Crippen LogP contribution in [0.25, 0.3) is 11.5 Å². The van der Waals surface area contributed by atoms with Gasteiger partial charge in [0.15, 0.2) is 0 Å². The van der Waals surface area contributed by atoms with E-state index in [0.717, 1.165) is 54.5 Å². The van der Waals surface area contributed by atoms with Gasteiger partial charge >= 0.3 is 0 Å². The molecule has 2 aliphatic rings. The van der Waals surface area contributed by atoms with Crippen molar-refractivity contribution in [2.24, 2.45) is 0 Å². The van der Waals surface area contributed by atoms with E-state index >= 15 is 0 Å². The molecule has 10 heteroatoms. The summed E-state index contributed by atoms with van der Waals surface area (Å²) in [6, 6.07) is 12.4. The minimum atomic E-state index is -0.303. The molecular weight excluding hydrogens is 494 g/mol. The molecule has 2 aliphatic heterocycles. The van der Waals surface area contributed by atoms with Gasteiger partial charge in [-0.15, -0.1) is 22.0 Å². The molecule has 1 saturated heterocycles. The molecule has 1 fully saturated rings. The van der Waals surface area contributed by atoms with Gasteiger partial charge < -0.3 is 14.6 Å². The van der Waals surface area contributed by atoms with E-state index < -0.39 is 0 Å². The molecule has 6 rings (SSSR count). The summed E-state index contributed by atoms with van der Waals surface area (Å²) in [7, 11) is 0. The third kappa shape index (κ3) is 5.58. The summed E-state index contributed by atoms with van der Waals surface area (Å²) in [5.41, 5.74) is 2.39. The second kappa shape index (κ2) is 11.2. The summed E-state index contributed by atoms with van der Waals surface area (Å²) in [6.07, 6.45) is 2.54. The lowest BCUT2D eigenvalue weighted by molar-refractivity contribution is 0.396. The molecule has 2 aromatic heterocycles. The van der Waals surface area contributed by atoms with Crippen molar-refractivity contribution < 1.29 is 13.2 Å². The lowest BCUT2D eigenvalue weighted by Gasteiger charge is -2.31. The van der Waals surface area contributed by atoms with Crippen molar-refractivity contribution >= 4 is 29.2 Å². The highest BCUT2D eigenvalue weighted by molar-refractivity contribution is 7.99. The number of fused-ring (bicyclic) bond motifs is 1. The maximum atomic E-state index is 13.7. The van der Waals surface area contributed by atoms with Gasteiger partial charge in [0.25, 0.3) is 0 Å². The number of thioether (sulfide) groups is 1. The van der Waals surface area contributed by atoms with E-state index in [0.29, 0.717) is 29.0 Å². The monoisotopic (exact) mass is 522 g/mol. The summed E-state index contributed by atoms with van der Waals surface area (Å²) in [5, 5.41) is 11.7. The molecule has 0 unspecified atom stereocenters. The molecular formula is C27H28F2N6OS. The van der Waals surface area contributed by atoms with Crippen LogP contribution in [-0.4, -0.2) is 39.0 Å². The number of aromatic nitrogens is 4. The van der Waals surface area contributed by atoms with Crippen LogP contribution in [0.5, 0.6) is 0 Å². The number of piperidine rings is 1. The molecule has 0 radical (unpaired) electrons. The van der Waals surface area contributed by atoms with Crippen molar-refractivity contribution in [3.05, 3.63) is 71.8 Å². The Labute approximate surface area is 218 Å². The quantitative estimate of drug-likeness (QED) is 0.314. The van der Waals surface area contributed by atoms with Gasteiger partial charge in [0, 0.05) is 42.4 Å². The average molecular weight is 523 g/mol. The van der Waals surface area contributed by atoms with Gasteiger partial charge in [0.05, 0.1) is 10.6 Å². The molecule has 7 nitrogen and oxygen atoms in total. The Balaban J connectivity index is 0.00000137. The fraction of sp³-hybridized carbons (Fsp3) is 0.333. The van der Waals surface area contributed by atoms with Crippen LogP contribution < -0.4 is 10.2 Å². The molecule has 0 aliphatic carbocycles. The van der Waals surface area contributed by atoms with E-state index in [-0.39, 0.29) is 17.6 Å². The largest absolute Gasteiger partial charge is 0.420 e. The second-order valence-electron chi connectivity index (χ2n) is 8.60. The highest BCUT2D eigenvalue weighted by Gasteiger charge is 2.28. The van der Waals surface area contributed by atoms with Gasteiger partial charge in [-0.05, 0) is 55.3 Å². The Morgan fingerprint density at radius 2 is 1.76 bits per heavy atom. The van der Waals surface area contributed by atoms with Crippen LogP contribution in [0, 0.1) is 11.6 Å². The number of anilines is 3. The number of rotatable bonds is 5. The first kappa shape index (κ1) is 25.1. The Kier molecular flexibility index (Phi) is 7.64. The van der Waals surface area contributed by atoms with Gasteiger partial charge in [0.2, 0.25) is 17.7 Å². The fourth-order valence-electron chi connectivity index (χ4n) is 4.42. The van der Waals surface area contributed by atoms with Crippen LogP contribution in [0.15, 0.2) is 57.8 Å². The number of benzene rings is 2. The minimum absolute atomic E-state index is 0.142. The number of nitrogens with zero attached hydrogens (tertiary/aromatic N) is 5. The molecule has 0 atom stereocenters. The highest BCUT2D eigenvalue weighted by atomic mass is 32.2. The van der Waals surface area contributed by atoms with Crippen molar-refractivity contribution in [1.82, 2.24) is 20.2 Å². The standard InChI is InChI=1S/C25H22F2N6OS.C2H6/c26-17-6-4-15(5-7-17)23-31-32-24(34-23)16-8-11-33(12-9-16)25-29-20-10-13-35-21(20)22(30-25)28-19-3-1-2-18(27)14-19;1-2/h1-7,14,16H,8-13H2,(H,28,29,30);1-2H3. The molecule has 4 aromatic rings. The predicted molar refractivity (Wildman–Crippen MR) is 141 cm³/mol. The highest BCUT2D eigenvalue weighted by Crippen LogP contribution is 2.39. The van der Waals surface area contributed by atoms with E-state index in [1.54, 1.807) is 30.0 Å². The van der Waals surface area contributed by atoms with Gasteiger partial charge in [-0.2, -0.15) is 4.98 Å². The normalized spacial score (nSPS) is 15.2. The Hall–Kier alpha value is -3.53. The van der Waals surface area contributed by atoms with E-state index in [4.69, 9.17) is 14.4 Å². The van der Waals surface area contributed by atoms with Crippen molar-refractivity contribution in [3.63, 3.8) is 0 Å². The van der Waals surface area contributed by atoms with E-state index in [9.17, 15) is 8.78 Å². The topological polar surface area (TPSA) is 80.0 Å². The molecule has 0 saturated carbocycles. The number of halogens is 2. The SMILES string of the molecule is CC.Fc1ccc(-c2nnc(C3CCN(c4nc5c(c(Nc6cccc(F)c6)n4)SCC5)CC3)o2)cc1. The molecule has 4 heterocycles. The van der Waals surface area contributed by atoms with Crippen molar-refractivity contribution in [2.45, 2.75) is 43.9 Å². The minimum Gasteiger partial charge on any atom is -0.420 e. The average Bonchev–Trinajstić information content (AvgIpc) is 3.61. The zero-order valence-corrected chi connectivity index (χ0v) is 21.6. The lowest BCUT2D eigenvalue weighted by Crippen LogP contribution is -2.34. The summed E-state index contributed by atoms with van der Waals surface area (Å²) < 4.78 is 32.8. The summed E-state index contributed by atoms with van der Waals surface area (Å²) >= 11 is 1.72.